The lowest BCUT2D eigenvalue weighted by Crippen LogP contribution is -2.58. The van der Waals surface area contributed by atoms with E-state index in [-0.39, 0.29) is 17.9 Å². The molecule has 0 spiro atoms. The molecule has 1 aliphatic heterocycles. The maximum atomic E-state index is 11.5. The summed E-state index contributed by atoms with van der Waals surface area (Å²) in [5.74, 6) is 0.00505. The van der Waals surface area contributed by atoms with Gasteiger partial charge in [-0.15, -0.1) is 0 Å². The Kier molecular flexibility index (Phi) is 3.46. The van der Waals surface area contributed by atoms with Crippen LogP contribution in [0.5, 0.6) is 0 Å². The summed E-state index contributed by atoms with van der Waals surface area (Å²) in [7, 11) is 3.51. The van der Waals surface area contributed by atoms with Gasteiger partial charge in [-0.25, -0.2) is 0 Å². The van der Waals surface area contributed by atoms with Gasteiger partial charge in [0, 0.05) is 33.6 Å². The molecule has 0 aromatic carbocycles. The van der Waals surface area contributed by atoms with Crippen molar-refractivity contribution in [1.82, 2.24) is 15.1 Å². The van der Waals surface area contributed by atoms with Crippen LogP contribution in [0.1, 0.15) is 6.92 Å². The molecule has 1 N–H and O–H groups in total. The zero-order chi connectivity index (χ0) is 10.7. The second-order valence-electron chi connectivity index (χ2n) is 3.58. The molecule has 1 heterocycles. The average Bonchev–Trinajstić information content (AvgIpc) is 2.17. The minimum atomic E-state index is -0.211. The van der Waals surface area contributed by atoms with Crippen LogP contribution in [-0.2, 0) is 9.59 Å². The number of nitrogens with one attached hydrogen (secondary N) is 1. The minimum absolute atomic E-state index is 0.0292. The smallest absolute Gasteiger partial charge is 0.238 e. The lowest BCUT2D eigenvalue weighted by molar-refractivity contribution is -0.135. The molecule has 0 aromatic heterocycles. The van der Waals surface area contributed by atoms with Crippen LogP contribution >= 0.6 is 0 Å². The highest BCUT2D eigenvalue weighted by Crippen LogP contribution is 2.07. The van der Waals surface area contributed by atoms with Crippen LogP contribution in [-0.4, -0.2) is 61.4 Å². The van der Waals surface area contributed by atoms with E-state index < -0.39 is 0 Å². The van der Waals surface area contributed by atoms with Crippen LogP contribution in [0.4, 0.5) is 0 Å². The van der Waals surface area contributed by atoms with Gasteiger partial charge in [-0.3, -0.25) is 14.5 Å². The lowest BCUT2D eigenvalue weighted by Gasteiger charge is -2.37. The monoisotopic (exact) mass is 199 g/mol. The third-order valence-electron chi connectivity index (χ3n) is 2.64. The highest BCUT2D eigenvalue weighted by Gasteiger charge is 2.30. The molecule has 1 unspecified atom stereocenters. The van der Waals surface area contributed by atoms with Crippen molar-refractivity contribution in [2.75, 3.05) is 33.7 Å². The molecule has 5 nitrogen and oxygen atoms in total. The Morgan fingerprint density at radius 1 is 1.36 bits per heavy atom. The Balaban J connectivity index is 2.64. The van der Waals surface area contributed by atoms with Crippen molar-refractivity contribution < 1.29 is 9.59 Å². The number of nitrogens with zero attached hydrogens (tertiary/aromatic N) is 2. The molecule has 0 aliphatic carbocycles. The number of carbonyl (C=O) groups excluding carboxylic acids is 2. The van der Waals surface area contributed by atoms with Crippen molar-refractivity contribution in [3.8, 4) is 0 Å². The molecule has 5 heteroatoms. The highest BCUT2D eigenvalue weighted by atomic mass is 16.2. The average molecular weight is 199 g/mol. The first-order valence-corrected chi connectivity index (χ1v) is 4.73. The molecule has 2 amide bonds. The first-order valence-electron chi connectivity index (χ1n) is 4.73. The maximum Gasteiger partial charge on any atom is 0.238 e. The first-order chi connectivity index (χ1) is 6.56. The number of piperazine rings is 1. The van der Waals surface area contributed by atoms with E-state index in [4.69, 9.17) is 0 Å². The normalized spacial score (nSPS) is 23.4. The summed E-state index contributed by atoms with van der Waals surface area (Å²) in [6, 6.07) is -0.211. The van der Waals surface area contributed by atoms with Gasteiger partial charge in [0.05, 0.1) is 0 Å². The third kappa shape index (κ3) is 2.23. The van der Waals surface area contributed by atoms with Gasteiger partial charge >= 0.3 is 0 Å². The number of hydrogen-bond acceptors (Lipinski definition) is 3. The molecule has 1 aliphatic rings. The predicted octanol–water partition coefficient (Wildman–Crippen LogP) is -1.11. The van der Waals surface area contributed by atoms with E-state index in [9.17, 15) is 9.59 Å². The molecule has 14 heavy (non-hydrogen) atoms. The fraction of sp³-hybridized carbons (Fsp3) is 0.778. The third-order valence-corrected chi connectivity index (χ3v) is 2.64. The SMILES string of the molecule is CNC(=O)C1CN(C(C)=O)CCN1C. The summed E-state index contributed by atoms with van der Waals surface area (Å²) in [6.45, 7) is 3.48. The first kappa shape index (κ1) is 11.0. The van der Waals surface area contributed by atoms with E-state index in [1.54, 1.807) is 11.9 Å². The van der Waals surface area contributed by atoms with Crippen LogP contribution in [0.2, 0.25) is 0 Å². The summed E-state index contributed by atoms with van der Waals surface area (Å²) < 4.78 is 0. The van der Waals surface area contributed by atoms with Gasteiger partial charge in [-0.1, -0.05) is 0 Å². The van der Waals surface area contributed by atoms with Crippen molar-refractivity contribution in [3.05, 3.63) is 0 Å². The zero-order valence-corrected chi connectivity index (χ0v) is 8.91. The van der Waals surface area contributed by atoms with E-state index in [0.29, 0.717) is 13.1 Å². The van der Waals surface area contributed by atoms with E-state index in [1.807, 2.05) is 11.9 Å². The van der Waals surface area contributed by atoms with Gasteiger partial charge in [0.25, 0.3) is 0 Å². The van der Waals surface area contributed by atoms with E-state index >= 15 is 0 Å². The Hall–Kier alpha value is -1.10. The molecule has 1 rings (SSSR count). The topological polar surface area (TPSA) is 52.7 Å². The fourth-order valence-corrected chi connectivity index (χ4v) is 1.61. The van der Waals surface area contributed by atoms with E-state index in [0.717, 1.165) is 6.54 Å². The summed E-state index contributed by atoms with van der Waals surface area (Å²) in [5.41, 5.74) is 0. The number of carbonyl (C=O) groups is 2. The molecule has 1 fully saturated rings. The van der Waals surface area contributed by atoms with Crippen molar-refractivity contribution in [3.63, 3.8) is 0 Å². The maximum absolute atomic E-state index is 11.5. The summed E-state index contributed by atoms with van der Waals surface area (Å²) >= 11 is 0. The van der Waals surface area contributed by atoms with Crippen LogP contribution in [0.3, 0.4) is 0 Å². The highest BCUT2D eigenvalue weighted by molar-refractivity contribution is 5.83. The summed E-state index contributed by atoms with van der Waals surface area (Å²) in [6.07, 6.45) is 0. The van der Waals surface area contributed by atoms with Crippen molar-refractivity contribution in [2.45, 2.75) is 13.0 Å². The summed E-state index contributed by atoms with van der Waals surface area (Å²) in [4.78, 5) is 26.3. The van der Waals surface area contributed by atoms with Gasteiger partial charge in [0.2, 0.25) is 11.8 Å². The Morgan fingerprint density at radius 2 is 2.00 bits per heavy atom. The molecule has 0 saturated carbocycles. The Labute approximate surface area is 84.0 Å². The molecule has 1 saturated heterocycles. The Bertz CT molecular complexity index is 242. The number of hydrogen-bond donors (Lipinski definition) is 1. The zero-order valence-electron chi connectivity index (χ0n) is 8.91. The number of likely N-dealkylation sites (N-methyl/N-ethyl adjacent to an activating group) is 2. The molecule has 80 valence electrons. The van der Waals surface area contributed by atoms with Crippen LogP contribution in [0.15, 0.2) is 0 Å². The van der Waals surface area contributed by atoms with E-state index in [1.165, 1.54) is 6.92 Å². The fourth-order valence-electron chi connectivity index (χ4n) is 1.61. The van der Waals surface area contributed by atoms with Crippen LogP contribution in [0.25, 0.3) is 0 Å². The largest absolute Gasteiger partial charge is 0.358 e. The second kappa shape index (κ2) is 4.41. The predicted molar refractivity (Wildman–Crippen MR) is 52.7 cm³/mol. The molecule has 0 aromatic rings. The number of amides is 2. The van der Waals surface area contributed by atoms with Gasteiger partial charge in [-0.2, -0.15) is 0 Å². The van der Waals surface area contributed by atoms with Crippen molar-refractivity contribution in [1.29, 1.82) is 0 Å². The van der Waals surface area contributed by atoms with Crippen LogP contribution in [0, 0.1) is 0 Å². The molecular weight excluding hydrogens is 182 g/mol. The molecule has 1 atom stereocenters. The standard InChI is InChI=1S/C9H17N3O2/c1-7(13)12-5-4-11(3)8(6-12)9(14)10-2/h8H,4-6H2,1-3H3,(H,10,14). The lowest BCUT2D eigenvalue weighted by atomic mass is 10.1. The van der Waals surface area contributed by atoms with Gasteiger partial charge in [0.1, 0.15) is 6.04 Å². The van der Waals surface area contributed by atoms with Gasteiger partial charge in [-0.05, 0) is 7.05 Å². The van der Waals surface area contributed by atoms with Crippen LogP contribution < -0.4 is 5.32 Å². The second-order valence-corrected chi connectivity index (χ2v) is 3.58. The van der Waals surface area contributed by atoms with Gasteiger partial charge in [0.15, 0.2) is 0 Å². The Morgan fingerprint density at radius 3 is 2.50 bits per heavy atom. The van der Waals surface area contributed by atoms with E-state index in [2.05, 4.69) is 5.32 Å². The molecule has 0 radical (unpaired) electrons. The van der Waals surface area contributed by atoms with Crippen molar-refractivity contribution >= 4 is 11.8 Å². The van der Waals surface area contributed by atoms with Gasteiger partial charge < -0.3 is 10.2 Å². The quantitative estimate of drug-likeness (QED) is 0.583. The minimum Gasteiger partial charge on any atom is -0.358 e. The van der Waals surface area contributed by atoms with Crippen molar-refractivity contribution in [2.24, 2.45) is 0 Å². The molecular formula is C9H17N3O2. The molecule has 0 bridgehead atoms. The summed E-state index contributed by atoms with van der Waals surface area (Å²) in [5, 5.41) is 2.61. The number of rotatable bonds is 1.